The molecule has 2 aromatic carbocycles. The number of anilines is 2. The van der Waals surface area contributed by atoms with Gasteiger partial charge in [0.25, 0.3) is 0 Å². The fraction of sp³-hybridized carbons (Fsp3) is 0.375. The number of amides is 2. The summed E-state index contributed by atoms with van der Waals surface area (Å²) in [4.78, 5) is 27.6. The summed E-state index contributed by atoms with van der Waals surface area (Å²) in [6.45, 7) is 2.53. The Balaban J connectivity index is 1.39. The van der Waals surface area contributed by atoms with Gasteiger partial charge in [0, 0.05) is 17.6 Å². The number of hydrogen-bond donors (Lipinski definition) is 2. The first kappa shape index (κ1) is 22.1. The highest BCUT2D eigenvalue weighted by Gasteiger charge is 2.44. The molecule has 168 valence electrons. The Morgan fingerprint density at radius 1 is 1.12 bits per heavy atom. The molecule has 0 radical (unpaired) electrons. The molecule has 4 rings (SSSR count). The first-order chi connectivity index (χ1) is 15.5. The van der Waals surface area contributed by atoms with Crippen LogP contribution in [0.15, 0.2) is 48.5 Å². The molecular weight excluding hydrogens is 426 g/mol. The van der Waals surface area contributed by atoms with E-state index in [0.29, 0.717) is 42.4 Å². The number of hydrogen-bond acceptors (Lipinski definition) is 5. The lowest BCUT2D eigenvalue weighted by atomic mass is 9.76. The van der Waals surface area contributed by atoms with E-state index >= 15 is 0 Å². The van der Waals surface area contributed by atoms with Gasteiger partial charge in [-0.1, -0.05) is 0 Å². The van der Waals surface area contributed by atoms with Crippen LogP contribution in [0.5, 0.6) is 11.5 Å². The largest absolute Gasteiger partial charge is 0.497 e. The quantitative estimate of drug-likeness (QED) is 0.649. The Kier molecular flexibility index (Phi) is 6.60. The molecule has 1 saturated carbocycles. The molecule has 0 spiro atoms. The predicted molar refractivity (Wildman–Crippen MR) is 127 cm³/mol. The minimum atomic E-state index is -0.210. The molecule has 0 bridgehead atoms. The molecule has 1 aliphatic carbocycles. The van der Waals surface area contributed by atoms with Crippen molar-refractivity contribution in [2.24, 2.45) is 11.8 Å². The SMILES string of the molecule is CCOc1ccc(NC(=O)C2CCC3C(=O)N(c4ccc(OC)cc4)C(=S)NC3C2)cc1. The second-order valence-electron chi connectivity index (χ2n) is 7.99. The Hall–Kier alpha value is -3.13. The lowest BCUT2D eigenvalue weighted by Crippen LogP contribution is -2.62. The van der Waals surface area contributed by atoms with Crippen LogP contribution in [0.3, 0.4) is 0 Å². The number of thiocarbonyl (C=S) groups is 1. The third-order valence-corrected chi connectivity index (χ3v) is 6.33. The lowest BCUT2D eigenvalue weighted by molar-refractivity contribution is -0.127. The summed E-state index contributed by atoms with van der Waals surface area (Å²) in [7, 11) is 1.60. The molecule has 1 aliphatic heterocycles. The zero-order valence-corrected chi connectivity index (χ0v) is 19.0. The van der Waals surface area contributed by atoms with Crippen LogP contribution in [-0.2, 0) is 9.59 Å². The van der Waals surface area contributed by atoms with Crippen molar-refractivity contribution < 1.29 is 19.1 Å². The van der Waals surface area contributed by atoms with Gasteiger partial charge >= 0.3 is 0 Å². The molecule has 3 unspecified atom stereocenters. The molecule has 7 nitrogen and oxygen atoms in total. The molecule has 2 aliphatic rings. The van der Waals surface area contributed by atoms with E-state index in [0.717, 1.165) is 11.4 Å². The smallest absolute Gasteiger partial charge is 0.238 e. The van der Waals surface area contributed by atoms with Gasteiger partial charge in [0.2, 0.25) is 11.8 Å². The third-order valence-electron chi connectivity index (χ3n) is 6.03. The highest BCUT2D eigenvalue weighted by molar-refractivity contribution is 7.80. The Bertz CT molecular complexity index is 993. The summed E-state index contributed by atoms with van der Waals surface area (Å²) in [6.07, 6.45) is 1.85. The van der Waals surface area contributed by atoms with Crippen LogP contribution in [0.2, 0.25) is 0 Å². The molecule has 2 N–H and O–H groups in total. The van der Waals surface area contributed by atoms with Gasteiger partial charge in [-0.25, -0.2) is 0 Å². The van der Waals surface area contributed by atoms with Gasteiger partial charge in [0.1, 0.15) is 11.5 Å². The molecule has 0 aromatic heterocycles. The van der Waals surface area contributed by atoms with Crippen LogP contribution in [-0.4, -0.2) is 36.7 Å². The standard InChI is InChI=1S/C24H27N3O4S/c1-3-31-19-9-5-16(6-10-19)25-22(28)15-4-13-20-21(14-15)26-24(32)27(23(20)29)17-7-11-18(30-2)12-8-17/h5-12,15,20-21H,3-4,13-14H2,1-2H3,(H,25,28)(H,26,32). The fourth-order valence-corrected chi connectivity index (χ4v) is 4.72. The minimum absolute atomic E-state index is 0.0192. The number of benzene rings is 2. The molecule has 1 heterocycles. The normalized spacial score (nSPS) is 22.6. The number of fused-ring (bicyclic) bond motifs is 1. The van der Waals surface area contributed by atoms with Crippen LogP contribution >= 0.6 is 12.2 Å². The van der Waals surface area contributed by atoms with Crippen molar-refractivity contribution >= 4 is 40.5 Å². The van der Waals surface area contributed by atoms with Crippen molar-refractivity contribution in [3.63, 3.8) is 0 Å². The number of carbonyl (C=O) groups excluding carboxylic acids is 2. The van der Waals surface area contributed by atoms with Gasteiger partial charge in [-0.3, -0.25) is 14.5 Å². The zero-order chi connectivity index (χ0) is 22.7. The average molecular weight is 454 g/mol. The van der Waals surface area contributed by atoms with E-state index in [1.807, 2.05) is 43.3 Å². The average Bonchev–Trinajstić information content (AvgIpc) is 2.80. The first-order valence-electron chi connectivity index (χ1n) is 10.8. The van der Waals surface area contributed by atoms with E-state index in [2.05, 4.69) is 10.6 Å². The van der Waals surface area contributed by atoms with E-state index in [-0.39, 0.29) is 29.7 Å². The lowest BCUT2D eigenvalue weighted by Gasteiger charge is -2.43. The van der Waals surface area contributed by atoms with E-state index in [1.54, 1.807) is 24.1 Å². The fourth-order valence-electron chi connectivity index (χ4n) is 4.37. The number of ether oxygens (including phenoxy) is 2. The van der Waals surface area contributed by atoms with Gasteiger partial charge in [-0.15, -0.1) is 0 Å². The van der Waals surface area contributed by atoms with Crippen molar-refractivity contribution in [1.29, 1.82) is 0 Å². The van der Waals surface area contributed by atoms with Gasteiger partial charge in [-0.05, 0) is 86.9 Å². The molecule has 2 amide bonds. The van der Waals surface area contributed by atoms with Gasteiger partial charge in [-0.2, -0.15) is 0 Å². The summed E-state index contributed by atoms with van der Waals surface area (Å²) >= 11 is 5.51. The highest BCUT2D eigenvalue weighted by Crippen LogP contribution is 2.35. The first-order valence-corrected chi connectivity index (χ1v) is 11.2. The summed E-state index contributed by atoms with van der Waals surface area (Å²) in [5.74, 6) is 1.04. The van der Waals surface area contributed by atoms with Gasteiger partial charge in [0.15, 0.2) is 5.11 Å². The summed E-state index contributed by atoms with van der Waals surface area (Å²) in [5.41, 5.74) is 1.44. The van der Waals surface area contributed by atoms with E-state index in [9.17, 15) is 9.59 Å². The van der Waals surface area contributed by atoms with E-state index < -0.39 is 0 Å². The molecule has 3 atom stereocenters. The van der Waals surface area contributed by atoms with Crippen molar-refractivity contribution in [2.45, 2.75) is 32.2 Å². The van der Waals surface area contributed by atoms with Crippen molar-refractivity contribution in [3.05, 3.63) is 48.5 Å². The zero-order valence-electron chi connectivity index (χ0n) is 18.2. The predicted octanol–water partition coefficient (Wildman–Crippen LogP) is 3.74. The summed E-state index contributed by atoms with van der Waals surface area (Å²) in [5, 5.41) is 6.66. The number of carbonyl (C=O) groups is 2. The minimum Gasteiger partial charge on any atom is -0.497 e. The molecule has 2 fully saturated rings. The topological polar surface area (TPSA) is 79.9 Å². The van der Waals surface area contributed by atoms with Gasteiger partial charge in [0.05, 0.1) is 25.3 Å². The maximum atomic E-state index is 13.2. The van der Waals surface area contributed by atoms with Crippen LogP contribution in [0.1, 0.15) is 26.2 Å². The molecule has 32 heavy (non-hydrogen) atoms. The van der Waals surface area contributed by atoms with E-state index in [1.165, 1.54) is 0 Å². The summed E-state index contributed by atoms with van der Waals surface area (Å²) < 4.78 is 10.6. The third kappa shape index (κ3) is 4.55. The van der Waals surface area contributed by atoms with Crippen LogP contribution in [0.25, 0.3) is 0 Å². The second kappa shape index (κ2) is 9.56. The molecular formula is C24H27N3O4S. The molecule has 8 heteroatoms. The maximum Gasteiger partial charge on any atom is 0.238 e. The Morgan fingerprint density at radius 3 is 2.47 bits per heavy atom. The Labute approximate surface area is 193 Å². The van der Waals surface area contributed by atoms with E-state index in [4.69, 9.17) is 21.7 Å². The van der Waals surface area contributed by atoms with Gasteiger partial charge < -0.3 is 20.1 Å². The Morgan fingerprint density at radius 2 is 1.81 bits per heavy atom. The number of nitrogens with one attached hydrogen (secondary N) is 2. The maximum absolute atomic E-state index is 13.2. The highest BCUT2D eigenvalue weighted by atomic mass is 32.1. The number of methoxy groups -OCH3 is 1. The summed E-state index contributed by atoms with van der Waals surface area (Å²) in [6, 6.07) is 14.4. The number of nitrogens with zero attached hydrogens (tertiary/aromatic N) is 1. The molecule has 1 saturated heterocycles. The van der Waals surface area contributed by atoms with Crippen molar-refractivity contribution in [1.82, 2.24) is 5.32 Å². The second-order valence-corrected chi connectivity index (χ2v) is 8.38. The monoisotopic (exact) mass is 453 g/mol. The number of rotatable bonds is 6. The van der Waals surface area contributed by atoms with Crippen molar-refractivity contribution in [3.8, 4) is 11.5 Å². The van der Waals surface area contributed by atoms with Crippen LogP contribution in [0.4, 0.5) is 11.4 Å². The van der Waals surface area contributed by atoms with Crippen molar-refractivity contribution in [2.75, 3.05) is 23.9 Å². The molecule has 2 aromatic rings. The van der Waals surface area contributed by atoms with Crippen LogP contribution < -0.4 is 25.0 Å². The van der Waals surface area contributed by atoms with Crippen LogP contribution in [0, 0.1) is 11.8 Å².